The van der Waals surface area contributed by atoms with Crippen molar-refractivity contribution in [2.75, 3.05) is 5.32 Å². The molecule has 0 aliphatic heterocycles. The van der Waals surface area contributed by atoms with Gasteiger partial charge in [-0.2, -0.15) is 0 Å². The maximum absolute atomic E-state index is 5.91. The van der Waals surface area contributed by atoms with E-state index in [4.69, 9.17) is 11.6 Å². The van der Waals surface area contributed by atoms with Gasteiger partial charge in [-0.15, -0.1) is 0 Å². The van der Waals surface area contributed by atoms with E-state index in [2.05, 4.69) is 25.3 Å². The fourth-order valence-corrected chi connectivity index (χ4v) is 1.37. The van der Waals surface area contributed by atoms with Crippen LogP contribution in [0.1, 0.15) is 18.8 Å². The van der Waals surface area contributed by atoms with Gasteiger partial charge in [0, 0.05) is 12.4 Å². The summed E-state index contributed by atoms with van der Waals surface area (Å²) in [5.74, 6) is 1.44. The number of hydrogen-bond acceptors (Lipinski definition) is 4. The molecule has 0 spiro atoms. The third-order valence-electron chi connectivity index (χ3n) is 1.95. The standard InChI is InChI=1S/C9H10ClN5/c1-6(8-12-2-3-13-8)15-9-7(10)4-11-5-14-9/h2-6H,1H3,(H,12,13)(H,11,14,15). The molecule has 78 valence electrons. The Hall–Kier alpha value is -1.62. The van der Waals surface area contributed by atoms with Gasteiger partial charge in [-0.3, -0.25) is 0 Å². The van der Waals surface area contributed by atoms with Crippen LogP contribution in [-0.4, -0.2) is 19.9 Å². The molecule has 0 fully saturated rings. The first kappa shape index (κ1) is 9.92. The lowest BCUT2D eigenvalue weighted by molar-refractivity contribution is 0.802. The predicted molar refractivity (Wildman–Crippen MR) is 57.7 cm³/mol. The maximum Gasteiger partial charge on any atom is 0.148 e. The highest BCUT2D eigenvalue weighted by molar-refractivity contribution is 6.32. The average Bonchev–Trinajstić information content (AvgIpc) is 2.74. The van der Waals surface area contributed by atoms with Crippen molar-refractivity contribution in [3.05, 3.63) is 35.8 Å². The number of nitrogens with zero attached hydrogens (tertiary/aromatic N) is 3. The molecular weight excluding hydrogens is 214 g/mol. The monoisotopic (exact) mass is 223 g/mol. The fraction of sp³-hybridized carbons (Fsp3) is 0.222. The number of aromatic amines is 1. The molecule has 0 saturated carbocycles. The Morgan fingerprint density at radius 3 is 3.00 bits per heavy atom. The molecule has 2 heterocycles. The summed E-state index contributed by atoms with van der Waals surface area (Å²) >= 11 is 5.91. The van der Waals surface area contributed by atoms with Crippen molar-refractivity contribution >= 4 is 17.4 Å². The predicted octanol–water partition coefficient (Wildman–Crippen LogP) is 2.03. The lowest BCUT2D eigenvalue weighted by Gasteiger charge is -2.12. The quantitative estimate of drug-likeness (QED) is 0.836. The SMILES string of the molecule is CC(Nc1ncncc1Cl)c1ncc[nH]1. The molecule has 2 N–H and O–H groups in total. The van der Waals surface area contributed by atoms with Crippen LogP contribution in [0, 0.1) is 0 Å². The second-order valence-electron chi connectivity index (χ2n) is 3.06. The van der Waals surface area contributed by atoms with Gasteiger partial charge >= 0.3 is 0 Å². The van der Waals surface area contributed by atoms with Crippen LogP contribution in [0.4, 0.5) is 5.82 Å². The van der Waals surface area contributed by atoms with Gasteiger partial charge in [-0.25, -0.2) is 15.0 Å². The number of imidazole rings is 1. The van der Waals surface area contributed by atoms with E-state index >= 15 is 0 Å². The number of nitrogens with one attached hydrogen (secondary N) is 2. The molecule has 0 radical (unpaired) electrons. The second kappa shape index (κ2) is 4.27. The molecule has 0 bridgehead atoms. The van der Waals surface area contributed by atoms with Crippen molar-refractivity contribution < 1.29 is 0 Å². The maximum atomic E-state index is 5.91. The van der Waals surface area contributed by atoms with Crippen LogP contribution in [0.3, 0.4) is 0 Å². The van der Waals surface area contributed by atoms with E-state index < -0.39 is 0 Å². The molecule has 0 aromatic carbocycles. The minimum atomic E-state index is 0.0207. The topological polar surface area (TPSA) is 66.5 Å². The number of aromatic nitrogens is 4. The smallest absolute Gasteiger partial charge is 0.148 e. The summed E-state index contributed by atoms with van der Waals surface area (Å²) in [6, 6.07) is 0.0207. The molecule has 0 saturated heterocycles. The molecular formula is C9H10ClN5. The van der Waals surface area contributed by atoms with Crippen molar-refractivity contribution in [1.29, 1.82) is 0 Å². The molecule has 0 amide bonds. The molecule has 6 heteroatoms. The van der Waals surface area contributed by atoms with Crippen molar-refractivity contribution in [3.63, 3.8) is 0 Å². The molecule has 2 aromatic heterocycles. The summed E-state index contributed by atoms with van der Waals surface area (Å²) in [5.41, 5.74) is 0. The van der Waals surface area contributed by atoms with E-state index in [0.717, 1.165) is 5.82 Å². The van der Waals surface area contributed by atoms with Crippen LogP contribution in [0.5, 0.6) is 0 Å². The summed E-state index contributed by atoms with van der Waals surface area (Å²) in [6.45, 7) is 1.97. The fourth-order valence-electron chi connectivity index (χ4n) is 1.21. The first-order chi connectivity index (χ1) is 7.27. The van der Waals surface area contributed by atoms with E-state index in [0.29, 0.717) is 10.8 Å². The summed E-state index contributed by atoms with van der Waals surface area (Å²) in [7, 11) is 0. The van der Waals surface area contributed by atoms with E-state index in [9.17, 15) is 0 Å². The van der Waals surface area contributed by atoms with Gasteiger partial charge < -0.3 is 10.3 Å². The largest absolute Gasteiger partial charge is 0.359 e. The van der Waals surface area contributed by atoms with Crippen molar-refractivity contribution in [2.24, 2.45) is 0 Å². The lowest BCUT2D eigenvalue weighted by atomic mass is 10.3. The molecule has 2 aromatic rings. The molecule has 0 aliphatic carbocycles. The third-order valence-corrected chi connectivity index (χ3v) is 2.23. The zero-order valence-electron chi connectivity index (χ0n) is 8.11. The second-order valence-corrected chi connectivity index (χ2v) is 3.47. The Labute approximate surface area is 91.9 Å². The van der Waals surface area contributed by atoms with Gasteiger partial charge in [-0.05, 0) is 6.92 Å². The average molecular weight is 224 g/mol. The lowest BCUT2D eigenvalue weighted by Crippen LogP contribution is -2.09. The molecule has 5 nitrogen and oxygen atoms in total. The van der Waals surface area contributed by atoms with Crippen LogP contribution >= 0.6 is 11.6 Å². The van der Waals surface area contributed by atoms with Crippen molar-refractivity contribution in [3.8, 4) is 0 Å². The Balaban J connectivity index is 2.13. The first-order valence-corrected chi connectivity index (χ1v) is 4.86. The Morgan fingerprint density at radius 1 is 1.47 bits per heavy atom. The molecule has 15 heavy (non-hydrogen) atoms. The van der Waals surface area contributed by atoms with Gasteiger partial charge in [0.2, 0.25) is 0 Å². The minimum absolute atomic E-state index is 0.0207. The van der Waals surface area contributed by atoms with Gasteiger partial charge in [0.25, 0.3) is 0 Å². The third kappa shape index (κ3) is 2.24. The zero-order valence-corrected chi connectivity index (χ0v) is 8.86. The number of hydrogen-bond donors (Lipinski definition) is 2. The molecule has 1 atom stereocenters. The highest BCUT2D eigenvalue weighted by atomic mass is 35.5. The zero-order chi connectivity index (χ0) is 10.7. The van der Waals surface area contributed by atoms with E-state index in [-0.39, 0.29) is 6.04 Å². The molecule has 0 aliphatic rings. The number of anilines is 1. The van der Waals surface area contributed by atoms with Crippen molar-refractivity contribution in [1.82, 2.24) is 19.9 Å². The van der Waals surface area contributed by atoms with Crippen LogP contribution < -0.4 is 5.32 Å². The molecule has 1 unspecified atom stereocenters. The van der Waals surface area contributed by atoms with Gasteiger partial charge in [-0.1, -0.05) is 11.6 Å². The number of H-pyrrole nitrogens is 1. The Kier molecular flexibility index (Phi) is 2.82. The summed E-state index contributed by atoms with van der Waals surface area (Å²) in [5, 5.41) is 3.63. The number of halogens is 1. The van der Waals surface area contributed by atoms with E-state index in [1.807, 2.05) is 6.92 Å². The Morgan fingerprint density at radius 2 is 2.33 bits per heavy atom. The van der Waals surface area contributed by atoms with Gasteiger partial charge in [0.1, 0.15) is 23.0 Å². The van der Waals surface area contributed by atoms with E-state index in [1.165, 1.54) is 6.33 Å². The molecule has 2 rings (SSSR count). The summed E-state index contributed by atoms with van der Waals surface area (Å²) < 4.78 is 0. The minimum Gasteiger partial charge on any atom is -0.359 e. The summed E-state index contributed by atoms with van der Waals surface area (Å²) in [4.78, 5) is 15.0. The highest BCUT2D eigenvalue weighted by Gasteiger charge is 2.09. The van der Waals surface area contributed by atoms with E-state index in [1.54, 1.807) is 18.6 Å². The van der Waals surface area contributed by atoms with Crippen molar-refractivity contribution in [2.45, 2.75) is 13.0 Å². The number of rotatable bonds is 3. The van der Waals surface area contributed by atoms with Crippen LogP contribution in [0.2, 0.25) is 5.02 Å². The summed E-state index contributed by atoms with van der Waals surface area (Å²) in [6.07, 6.45) is 6.47. The van der Waals surface area contributed by atoms with Crippen LogP contribution in [-0.2, 0) is 0 Å². The van der Waals surface area contributed by atoms with Gasteiger partial charge in [0.05, 0.1) is 12.2 Å². The van der Waals surface area contributed by atoms with Crippen LogP contribution in [0.15, 0.2) is 24.9 Å². The van der Waals surface area contributed by atoms with Gasteiger partial charge in [0.15, 0.2) is 0 Å². The Bertz CT molecular complexity index is 428. The first-order valence-electron chi connectivity index (χ1n) is 4.48. The normalized spacial score (nSPS) is 12.4. The van der Waals surface area contributed by atoms with Crippen LogP contribution in [0.25, 0.3) is 0 Å². The highest BCUT2D eigenvalue weighted by Crippen LogP contribution is 2.20.